The third-order valence-corrected chi connectivity index (χ3v) is 4.80. The largest absolute Gasteiger partial charge is 0.545 e. The van der Waals surface area contributed by atoms with Gasteiger partial charge in [0.15, 0.2) is 0 Å². The topological polar surface area (TPSA) is 111 Å². The van der Waals surface area contributed by atoms with Crippen molar-refractivity contribution in [1.29, 1.82) is 0 Å². The van der Waals surface area contributed by atoms with E-state index >= 15 is 0 Å². The lowest BCUT2D eigenvalue weighted by Gasteiger charge is -2.16. The normalized spacial score (nSPS) is 10.6. The molecule has 0 bridgehead atoms. The molecule has 7 heteroatoms. The molecule has 7 nitrogen and oxygen atoms in total. The zero-order valence-electron chi connectivity index (χ0n) is 16.5. The van der Waals surface area contributed by atoms with E-state index in [1.54, 1.807) is 19.9 Å². The quantitative estimate of drug-likeness (QED) is 0.550. The Bertz CT molecular complexity index is 1110. The number of rotatable bonds is 7. The fraction of sp³-hybridized carbons (Fsp3) is 0.174. The van der Waals surface area contributed by atoms with Crippen LogP contribution in [0.4, 0.5) is 0 Å². The van der Waals surface area contributed by atoms with Gasteiger partial charge in [-0.15, -0.1) is 0 Å². The second kappa shape index (κ2) is 8.65. The summed E-state index contributed by atoms with van der Waals surface area (Å²) in [5.41, 5.74) is 0.584. The summed E-state index contributed by atoms with van der Waals surface area (Å²) in [7, 11) is 0. The molecule has 0 radical (unpaired) electrons. The Labute approximate surface area is 173 Å². The highest BCUT2D eigenvalue weighted by Gasteiger charge is 2.29. The highest BCUT2D eigenvalue weighted by molar-refractivity contribution is 6.09. The molecule has 1 heterocycles. The number of hydrogen-bond acceptors (Lipinski definition) is 6. The summed E-state index contributed by atoms with van der Waals surface area (Å²) in [4.78, 5) is 36.6. The van der Waals surface area contributed by atoms with Crippen molar-refractivity contribution in [3.8, 4) is 11.1 Å². The molecule has 0 aliphatic carbocycles. The highest BCUT2D eigenvalue weighted by atomic mass is 16.5. The number of nitrogens with zero attached hydrogens (tertiary/aromatic N) is 1. The van der Waals surface area contributed by atoms with Gasteiger partial charge < -0.3 is 29.1 Å². The molecular weight excluding hydrogens is 386 g/mol. The molecule has 3 rings (SSSR count). The Morgan fingerprint density at radius 3 is 2.17 bits per heavy atom. The molecule has 3 aromatic rings. The number of benzene rings is 2. The zero-order valence-corrected chi connectivity index (χ0v) is 16.5. The first kappa shape index (κ1) is 20.9. The van der Waals surface area contributed by atoms with Crippen molar-refractivity contribution in [1.82, 2.24) is 4.57 Å². The lowest BCUT2D eigenvalue weighted by molar-refractivity contribution is -0.256. The molecule has 0 atom stereocenters. The van der Waals surface area contributed by atoms with Crippen molar-refractivity contribution >= 4 is 17.9 Å². The van der Waals surface area contributed by atoms with Crippen LogP contribution in [0.15, 0.2) is 54.6 Å². The van der Waals surface area contributed by atoms with E-state index in [2.05, 4.69) is 0 Å². The fourth-order valence-electron chi connectivity index (χ4n) is 3.51. The zero-order chi connectivity index (χ0) is 21.8. The van der Waals surface area contributed by atoms with E-state index < -0.39 is 17.9 Å². The predicted molar refractivity (Wildman–Crippen MR) is 105 cm³/mol. The SMILES string of the molecule is CCOC(=O)c1c(-c2ccccc2C(=O)[O-])c(C(=O)[O-])n(Cc2ccccc2)c1C. The minimum Gasteiger partial charge on any atom is -0.545 e. The molecule has 0 saturated carbocycles. The van der Waals surface area contributed by atoms with E-state index in [0.29, 0.717) is 5.69 Å². The van der Waals surface area contributed by atoms with Gasteiger partial charge in [0, 0.05) is 23.4 Å². The number of carboxylic acid groups (broad SMARTS) is 2. The first-order valence-electron chi connectivity index (χ1n) is 9.33. The second-order valence-electron chi connectivity index (χ2n) is 6.60. The van der Waals surface area contributed by atoms with Gasteiger partial charge in [0.25, 0.3) is 0 Å². The van der Waals surface area contributed by atoms with Gasteiger partial charge in [0.05, 0.1) is 29.8 Å². The van der Waals surface area contributed by atoms with Gasteiger partial charge >= 0.3 is 5.97 Å². The number of ether oxygens (including phenoxy) is 1. The number of aromatic nitrogens is 1. The van der Waals surface area contributed by atoms with Crippen LogP contribution in [-0.4, -0.2) is 29.1 Å². The Kier molecular flexibility index (Phi) is 6.01. The standard InChI is InChI=1S/C23H21NO6/c1-3-30-23(29)18-14(2)24(13-15-9-5-4-6-10-15)20(22(27)28)19(18)16-11-7-8-12-17(16)21(25)26/h4-12H,3,13H2,1-2H3,(H,25,26)(H,27,28)/p-2. The van der Waals surface area contributed by atoms with Crippen LogP contribution in [0.25, 0.3) is 11.1 Å². The van der Waals surface area contributed by atoms with Crippen LogP contribution in [-0.2, 0) is 11.3 Å². The monoisotopic (exact) mass is 405 g/mol. The third-order valence-electron chi connectivity index (χ3n) is 4.80. The number of carbonyl (C=O) groups is 3. The van der Waals surface area contributed by atoms with E-state index in [1.165, 1.54) is 22.8 Å². The van der Waals surface area contributed by atoms with Crippen LogP contribution < -0.4 is 10.2 Å². The van der Waals surface area contributed by atoms with Gasteiger partial charge in [-0.05, 0) is 25.0 Å². The number of aromatic carboxylic acids is 2. The summed E-state index contributed by atoms with van der Waals surface area (Å²) in [6.45, 7) is 3.44. The minimum atomic E-state index is -1.53. The van der Waals surface area contributed by atoms with Crippen LogP contribution in [0.2, 0.25) is 0 Å². The molecule has 0 unspecified atom stereocenters. The number of carbonyl (C=O) groups excluding carboxylic acids is 3. The minimum absolute atomic E-state index is 0.0133. The summed E-state index contributed by atoms with van der Waals surface area (Å²) in [6.07, 6.45) is 0. The average molecular weight is 405 g/mol. The summed E-state index contributed by atoms with van der Waals surface area (Å²) >= 11 is 0. The van der Waals surface area contributed by atoms with Crippen molar-refractivity contribution in [3.05, 3.63) is 82.7 Å². The van der Waals surface area contributed by atoms with Crippen LogP contribution in [0.3, 0.4) is 0 Å². The molecule has 0 N–H and O–H groups in total. The van der Waals surface area contributed by atoms with Gasteiger partial charge in [-0.2, -0.15) is 0 Å². The van der Waals surface area contributed by atoms with E-state index in [-0.39, 0.29) is 41.1 Å². The van der Waals surface area contributed by atoms with Crippen molar-refractivity contribution in [3.63, 3.8) is 0 Å². The molecule has 0 aliphatic rings. The summed E-state index contributed by atoms with van der Waals surface area (Å²) in [5, 5.41) is 23.9. The van der Waals surface area contributed by atoms with E-state index in [9.17, 15) is 24.6 Å². The molecule has 30 heavy (non-hydrogen) atoms. The maximum absolute atomic E-state index is 12.8. The predicted octanol–water partition coefficient (Wildman–Crippen LogP) is 1.42. The van der Waals surface area contributed by atoms with Crippen molar-refractivity contribution in [2.75, 3.05) is 6.61 Å². The lowest BCUT2D eigenvalue weighted by atomic mass is 9.95. The molecule has 0 fully saturated rings. The fourth-order valence-corrected chi connectivity index (χ4v) is 3.51. The summed E-state index contributed by atoms with van der Waals surface area (Å²) < 4.78 is 6.57. The second-order valence-corrected chi connectivity index (χ2v) is 6.60. The first-order chi connectivity index (χ1) is 14.4. The van der Waals surface area contributed by atoms with Crippen LogP contribution in [0, 0.1) is 6.92 Å². The summed E-state index contributed by atoms with van der Waals surface area (Å²) in [5.74, 6) is -3.77. The Balaban J connectivity index is 2.37. The molecular formula is C23H19NO6-2. The maximum Gasteiger partial charge on any atom is 0.340 e. The first-order valence-corrected chi connectivity index (χ1v) is 9.33. The van der Waals surface area contributed by atoms with Crippen LogP contribution in [0.1, 0.15) is 49.4 Å². The van der Waals surface area contributed by atoms with Gasteiger partial charge in [0.1, 0.15) is 0 Å². The molecule has 0 amide bonds. The van der Waals surface area contributed by atoms with Crippen molar-refractivity contribution in [2.24, 2.45) is 0 Å². The molecule has 1 aromatic heterocycles. The van der Waals surface area contributed by atoms with Gasteiger partial charge in [-0.3, -0.25) is 0 Å². The Morgan fingerprint density at radius 1 is 0.933 bits per heavy atom. The molecule has 0 saturated heterocycles. The smallest absolute Gasteiger partial charge is 0.340 e. The molecule has 2 aromatic carbocycles. The average Bonchev–Trinajstić information content (AvgIpc) is 3.01. The molecule has 0 spiro atoms. The van der Waals surface area contributed by atoms with Gasteiger partial charge in [-0.1, -0.05) is 54.6 Å². The van der Waals surface area contributed by atoms with Crippen LogP contribution >= 0.6 is 0 Å². The van der Waals surface area contributed by atoms with Gasteiger partial charge in [0.2, 0.25) is 0 Å². The number of carboxylic acids is 2. The van der Waals surface area contributed by atoms with E-state index in [1.807, 2.05) is 30.3 Å². The van der Waals surface area contributed by atoms with Gasteiger partial charge in [-0.25, -0.2) is 4.79 Å². The number of hydrogen-bond donors (Lipinski definition) is 0. The summed E-state index contributed by atoms with van der Waals surface area (Å²) in [6, 6.07) is 14.9. The van der Waals surface area contributed by atoms with Crippen LogP contribution in [0.5, 0.6) is 0 Å². The Morgan fingerprint density at radius 2 is 1.57 bits per heavy atom. The molecule has 154 valence electrons. The van der Waals surface area contributed by atoms with E-state index in [4.69, 9.17) is 4.74 Å². The third kappa shape index (κ3) is 3.82. The van der Waals surface area contributed by atoms with Crippen molar-refractivity contribution < 1.29 is 29.3 Å². The van der Waals surface area contributed by atoms with Crippen molar-refractivity contribution in [2.45, 2.75) is 20.4 Å². The highest BCUT2D eigenvalue weighted by Crippen LogP contribution is 2.35. The maximum atomic E-state index is 12.8. The lowest BCUT2D eigenvalue weighted by Crippen LogP contribution is -2.27. The van der Waals surface area contributed by atoms with E-state index in [0.717, 1.165) is 5.56 Å². The molecule has 0 aliphatic heterocycles. The Hall–Kier alpha value is -3.87. The number of esters is 1.